The van der Waals surface area contributed by atoms with Crippen molar-refractivity contribution in [1.29, 1.82) is 5.26 Å². The lowest BCUT2D eigenvalue weighted by Gasteiger charge is -2.09. The molecule has 0 aliphatic heterocycles. The largest absolute Gasteiger partial charge is 0.376 e. The molecular formula is C18H17BrN4O2. The van der Waals surface area contributed by atoms with Crippen molar-refractivity contribution in [3.8, 4) is 6.07 Å². The summed E-state index contributed by atoms with van der Waals surface area (Å²) in [5.74, 6) is -0.597. The lowest BCUT2D eigenvalue weighted by atomic mass is 10.2. The van der Waals surface area contributed by atoms with E-state index in [9.17, 15) is 9.59 Å². The molecule has 0 aliphatic carbocycles. The van der Waals surface area contributed by atoms with E-state index in [1.165, 1.54) is 0 Å². The number of carbonyl (C=O) groups is 2. The fourth-order valence-corrected chi connectivity index (χ4v) is 2.26. The maximum Gasteiger partial charge on any atom is 0.243 e. The summed E-state index contributed by atoms with van der Waals surface area (Å²) in [4.78, 5) is 23.7. The molecule has 2 amide bonds. The molecule has 0 radical (unpaired) electrons. The molecule has 0 heterocycles. The number of anilines is 2. The lowest BCUT2D eigenvalue weighted by Crippen LogP contribution is -2.36. The second-order valence-corrected chi connectivity index (χ2v) is 6.19. The number of hydrogen-bond acceptors (Lipinski definition) is 4. The highest BCUT2D eigenvalue weighted by Gasteiger charge is 2.07. The van der Waals surface area contributed by atoms with Crippen molar-refractivity contribution >= 4 is 39.1 Å². The number of aryl methyl sites for hydroxylation is 1. The maximum atomic E-state index is 11.9. The number of rotatable bonds is 6. The molecule has 25 heavy (non-hydrogen) atoms. The van der Waals surface area contributed by atoms with E-state index in [1.54, 1.807) is 30.3 Å². The summed E-state index contributed by atoms with van der Waals surface area (Å²) in [6.45, 7) is 1.86. The van der Waals surface area contributed by atoms with Crippen LogP contribution in [-0.2, 0) is 9.59 Å². The Hall–Kier alpha value is -2.85. The Morgan fingerprint density at radius 1 is 1.04 bits per heavy atom. The molecule has 6 nitrogen and oxygen atoms in total. The van der Waals surface area contributed by atoms with Crippen LogP contribution in [0.3, 0.4) is 0 Å². The quantitative estimate of drug-likeness (QED) is 0.694. The molecule has 7 heteroatoms. The van der Waals surface area contributed by atoms with Gasteiger partial charge in [0.15, 0.2) is 0 Å². The van der Waals surface area contributed by atoms with E-state index in [0.717, 1.165) is 15.7 Å². The summed E-state index contributed by atoms with van der Waals surface area (Å²) < 4.78 is 0.965. The number of benzene rings is 2. The number of nitrogens with one attached hydrogen (secondary N) is 3. The second-order valence-electron chi connectivity index (χ2n) is 5.33. The molecule has 0 aliphatic rings. The highest BCUT2D eigenvalue weighted by atomic mass is 79.9. The Morgan fingerprint density at radius 3 is 2.36 bits per heavy atom. The topological polar surface area (TPSA) is 94.0 Å². The summed E-state index contributed by atoms with van der Waals surface area (Å²) >= 11 is 3.40. The minimum atomic E-state index is -0.300. The molecule has 0 aromatic heterocycles. The van der Waals surface area contributed by atoms with Gasteiger partial charge in [-0.15, -0.1) is 0 Å². The molecule has 0 unspecified atom stereocenters. The Balaban J connectivity index is 1.74. The van der Waals surface area contributed by atoms with Crippen LogP contribution in [-0.4, -0.2) is 24.9 Å². The van der Waals surface area contributed by atoms with Crippen LogP contribution in [0, 0.1) is 18.3 Å². The van der Waals surface area contributed by atoms with Gasteiger partial charge < -0.3 is 16.0 Å². The van der Waals surface area contributed by atoms with Crippen LogP contribution in [0.2, 0.25) is 0 Å². The van der Waals surface area contributed by atoms with Gasteiger partial charge in [-0.05, 0) is 55.0 Å². The third kappa shape index (κ3) is 5.94. The number of hydrogen-bond donors (Lipinski definition) is 3. The van der Waals surface area contributed by atoms with Gasteiger partial charge in [0.25, 0.3) is 0 Å². The van der Waals surface area contributed by atoms with Gasteiger partial charge in [0, 0.05) is 15.8 Å². The molecule has 0 atom stereocenters. The fraction of sp³-hybridized carbons (Fsp3) is 0.167. The van der Waals surface area contributed by atoms with Crippen LogP contribution in [0.1, 0.15) is 11.1 Å². The first-order valence-electron chi connectivity index (χ1n) is 7.54. The molecule has 0 saturated heterocycles. The number of amides is 2. The van der Waals surface area contributed by atoms with E-state index in [2.05, 4.69) is 31.9 Å². The molecular weight excluding hydrogens is 384 g/mol. The first-order valence-corrected chi connectivity index (χ1v) is 8.34. The van der Waals surface area contributed by atoms with Crippen LogP contribution in [0.4, 0.5) is 11.4 Å². The number of carbonyl (C=O) groups excluding carboxylic acids is 2. The van der Waals surface area contributed by atoms with Crippen molar-refractivity contribution in [2.75, 3.05) is 23.7 Å². The van der Waals surface area contributed by atoms with E-state index in [1.807, 2.05) is 25.1 Å². The predicted molar refractivity (Wildman–Crippen MR) is 100 cm³/mol. The molecule has 0 spiro atoms. The average molecular weight is 401 g/mol. The van der Waals surface area contributed by atoms with Crippen molar-refractivity contribution in [3.05, 3.63) is 58.1 Å². The second kappa shape index (κ2) is 8.85. The smallest absolute Gasteiger partial charge is 0.243 e. The van der Waals surface area contributed by atoms with Gasteiger partial charge in [0.05, 0.1) is 24.7 Å². The van der Waals surface area contributed by atoms with Crippen LogP contribution >= 0.6 is 15.9 Å². The Kier molecular flexibility index (Phi) is 6.54. The summed E-state index contributed by atoms with van der Waals surface area (Å²) in [6.07, 6.45) is 0. The molecule has 0 fully saturated rings. The average Bonchev–Trinajstić information content (AvgIpc) is 2.61. The zero-order valence-corrected chi connectivity index (χ0v) is 15.2. The first kappa shape index (κ1) is 18.5. The van der Waals surface area contributed by atoms with Crippen LogP contribution < -0.4 is 16.0 Å². The molecule has 0 bridgehead atoms. The molecule has 2 aromatic carbocycles. The van der Waals surface area contributed by atoms with E-state index < -0.39 is 0 Å². The third-order valence-corrected chi connectivity index (χ3v) is 4.24. The van der Waals surface area contributed by atoms with E-state index in [-0.39, 0.29) is 24.9 Å². The van der Waals surface area contributed by atoms with Crippen molar-refractivity contribution < 1.29 is 9.59 Å². The minimum absolute atomic E-state index is 0.0383. The van der Waals surface area contributed by atoms with Gasteiger partial charge in [0.1, 0.15) is 0 Å². The summed E-state index contributed by atoms with van der Waals surface area (Å²) in [5.41, 5.74) is 2.96. The van der Waals surface area contributed by atoms with Gasteiger partial charge in [-0.3, -0.25) is 9.59 Å². The number of nitriles is 1. The van der Waals surface area contributed by atoms with Crippen LogP contribution in [0.15, 0.2) is 46.9 Å². The van der Waals surface area contributed by atoms with Gasteiger partial charge >= 0.3 is 0 Å². The summed E-state index contributed by atoms with van der Waals surface area (Å²) in [6, 6.07) is 14.3. The number of halogens is 1. The molecule has 0 saturated carbocycles. The summed E-state index contributed by atoms with van der Waals surface area (Å²) in [5, 5.41) is 16.9. The maximum absolute atomic E-state index is 11.9. The standard InChI is InChI=1S/C18H17BrN4O2/c1-12-8-15(6-7-16(12)19)23-18(25)11-22-17(24)10-21-14-4-2-13(9-20)3-5-14/h2-8,21H,10-11H2,1H3,(H,22,24)(H,23,25). The Morgan fingerprint density at radius 2 is 1.72 bits per heavy atom. The SMILES string of the molecule is Cc1cc(NC(=O)CNC(=O)CNc2ccc(C#N)cc2)ccc1Br. The fourth-order valence-electron chi connectivity index (χ4n) is 2.01. The highest BCUT2D eigenvalue weighted by molar-refractivity contribution is 9.10. The highest BCUT2D eigenvalue weighted by Crippen LogP contribution is 2.19. The number of nitrogens with zero attached hydrogens (tertiary/aromatic N) is 1. The van der Waals surface area contributed by atoms with Crippen molar-refractivity contribution in [1.82, 2.24) is 5.32 Å². The molecule has 2 rings (SSSR count). The zero-order valence-electron chi connectivity index (χ0n) is 13.6. The van der Waals surface area contributed by atoms with Crippen molar-refractivity contribution in [2.45, 2.75) is 6.92 Å². The molecule has 128 valence electrons. The molecule has 3 N–H and O–H groups in total. The zero-order chi connectivity index (χ0) is 18.2. The van der Waals surface area contributed by atoms with Gasteiger partial charge in [-0.25, -0.2) is 0 Å². The summed E-state index contributed by atoms with van der Waals surface area (Å²) in [7, 11) is 0. The van der Waals surface area contributed by atoms with E-state index in [4.69, 9.17) is 5.26 Å². The van der Waals surface area contributed by atoms with Gasteiger partial charge in [-0.2, -0.15) is 5.26 Å². The van der Waals surface area contributed by atoms with Gasteiger partial charge in [0.2, 0.25) is 11.8 Å². The van der Waals surface area contributed by atoms with Crippen molar-refractivity contribution in [2.24, 2.45) is 0 Å². The van der Waals surface area contributed by atoms with E-state index in [0.29, 0.717) is 11.3 Å². The third-order valence-electron chi connectivity index (χ3n) is 3.35. The minimum Gasteiger partial charge on any atom is -0.376 e. The molecule has 2 aromatic rings. The Labute approximate surface area is 154 Å². The van der Waals surface area contributed by atoms with Crippen LogP contribution in [0.25, 0.3) is 0 Å². The first-order chi connectivity index (χ1) is 12.0. The van der Waals surface area contributed by atoms with Crippen LogP contribution in [0.5, 0.6) is 0 Å². The normalized spacial score (nSPS) is 9.80. The van der Waals surface area contributed by atoms with Gasteiger partial charge in [-0.1, -0.05) is 15.9 Å². The van der Waals surface area contributed by atoms with E-state index >= 15 is 0 Å². The lowest BCUT2D eigenvalue weighted by molar-refractivity contribution is -0.122. The van der Waals surface area contributed by atoms with Crippen molar-refractivity contribution in [3.63, 3.8) is 0 Å². The monoisotopic (exact) mass is 400 g/mol. The predicted octanol–water partition coefficient (Wildman–Crippen LogP) is 2.80. The Bertz CT molecular complexity index is 813.